The summed E-state index contributed by atoms with van der Waals surface area (Å²) in [6.07, 6.45) is 1.30. The molecule has 1 aliphatic rings. The second kappa shape index (κ2) is 5.10. The molecule has 1 fully saturated rings. The molecule has 1 atom stereocenters. The number of carbonyl (C=O) groups is 3. The predicted molar refractivity (Wildman–Crippen MR) is 73.5 cm³/mol. The number of likely N-dealkylation sites (tertiary alicyclic amines) is 1. The maximum atomic E-state index is 12.2. The Labute approximate surface area is 116 Å². The average molecular weight is 263 g/mol. The molecule has 1 unspecified atom stereocenters. The van der Waals surface area contributed by atoms with Crippen molar-refractivity contribution in [2.24, 2.45) is 11.3 Å². The number of hydrogen-bond donors (Lipinski definition) is 0. The number of nitrogens with zero attached hydrogens (tertiary/aromatic N) is 1. The van der Waals surface area contributed by atoms with Gasteiger partial charge in [-0.05, 0) is 26.7 Å². The molecule has 0 N–H and O–H groups in total. The van der Waals surface area contributed by atoms with Gasteiger partial charge in [-0.1, -0.05) is 20.8 Å². The van der Waals surface area contributed by atoms with Crippen molar-refractivity contribution in [3.63, 3.8) is 0 Å². The second-order valence-electron chi connectivity index (χ2n) is 6.61. The highest BCUT2D eigenvalue weighted by Gasteiger charge is 2.47. The normalized spacial score (nSPS) is 21.1. The van der Waals surface area contributed by atoms with Gasteiger partial charge >= 0.3 is 0 Å². The molecular weight excluding hydrogens is 241 g/mol. The molecular formula is C14H22BNO3. The molecule has 1 heterocycles. The number of rotatable bonds is 5. The van der Waals surface area contributed by atoms with Crippen molar-refractivity contribution in [2.75, 3.05) is 0 Å². The monoisotopic (exact) mass is 263 g/mol. The Kier molecular flexibility index (Phi) is 4.28. The fourth-order valence-electron chi connectivity index (χ4n) is 2.90. The van der Waals surface area contributed by atoms with E-state index in [9.17, 15) is 14.4 Å². The van der Waals surface area contributed by atoms with Gasteiger partial charge in [0.25, 0.3) is 0 Å². The Morgan fingerprint density at radius 1 is 1.32 bits per heavy atom. The van der Waals surface area contributed by atoms with Crippen LogP contribution in [0, 0.1) is 11.3 Å². The van der Waals surface area contributed by atoms with E-state index in [0.29, 0.717) is 12.8 Å². The standard InChI is InChI=1S/C14H22BNO3/c1-6-9-7-10(17)16(11(9)18)14(4,5)8-13(2,3)12(15)19/h9H,6-8H2,1-5H3. The summed E-state index contributed by atoms with van der Waals surface area (Å²) in [7, 11) is 5.37. The lowest BCUT2D eigenvalue weighted by Gasteiger charge is -2.39. The van der Waals surface area contributed by atoms with E-state index in [-0.39, 0.29) is 24.2 Å². The molecule has 19 heavy (non-hydrogen) atoms. The van der Waals surface area contributed by atoms with Crippen molar-refractivity contribution in [3.8, 4) is 0 Å². The Bertz CT molecular complexity index is 415. The molecule has 1 aliphatic heterocycles. The van der Waals surface area contributed by atoms with Crippen LogP contribution in [0.5, 0.6) is 0 Å². The van der Waals surface area contributed by atoms with Gasteiger partial charge in [-0.3, -0.25) is 14.5 Å². The van der Waals surface area contributed by atoms with Crippen LogP contribution in [0.4, 0.5) is 0 Å². The molecule has 4 nitrogen and oxygen atoms in total. The Hall–Kier alpha value is -1.13. The fourth-order valence-corrected chi connectivity index (χ4v) is 2.90. The first kappa shape index (κ1) is 15.9. The van der Waals surface area contributed by atoms with Gasteiger partial charge in [0.1, 0.15) is 0 Å². The van der Waals surface area contributed by atoms with E-state index in [4.69, 9.17) is 7.85 Å². The van der Waals surface area contributed by atoms with Gasteiger partial charge in [-0.2, -0.15) is 0 Å². The largest absolute Gasteiger partial charge is 0.312 e. The van der Waals surface area contributed by atoms with Crippen LogP contribution in [0.15, 0.2) is 0 Å². The lowest BCUT2D eigenvalue weighted by atomic mass is 9.70. The number of hydrogen-bond acceptors (Lipinski definition) is 3. The quantitative estimate of drug-likeness (QED) is 0.560. The smallest absolute Gasteiger partial charge is 0.233 e. The Balaban J connectivity index is 2.98. The van der Waals surface area contributed by atoms with E-state index in [1.165, 1.54) is 4.90 Å². The minimum absolute atomic E-state index is 0.127. The minimum Gasteiger partial charge on any atom is -0.312 e. The minimum atomic E-state index is -0.756. The van der Waals surface area contributed by atoms with Gasteiger partial charge < -0.3 is 4.79 Å². The first-order valence-electron chi connectivity index (χ1n) is 6.69. The Morgan fingerprint density at radius 2 is 1.84 bits per heavy atom. The third kappa shape index (κ3) is 3.07. The molecule has 2 amide bonds. The molecule has 0 aromatic heterocycles. The van der Waals surface area contributed by atoms with Crippen LogP contribution in [0.25, 0.3) is 0 Å². The van der Waals surface area contributed by atoms with Crippen molar-refractivity contribution in [2.45, 2.75) is 59.4 Å². The molecule has 0 aromatic carbocycles. The van der Waals surface area contributed by atoms with E-state index in [1.807, 2.05) is 20.8 Å². The first-order chi connectivity index (χ1) is 8.53. The van der Waals surface area contributed by atoms with E-state index in [1.54, 1.807) is 13.8 Å². The fraction of sp³-hybridized carbons (Fsp3) is 0.786. The van der Waals surface area contributed by atoms with Crippen LogP contribution in [0.2, 0.25) is 0 Å². The van der Waals surface area contributed by atoms with Crippen LogP contribution in [0.1, 0.15) is 53.9 Å². The summed E-state index contributed by atoms with van der Waals surface area (Å²) in [6.45, 7) is 9.00. The molecule has 0 aromatic rings. The van der Waals surface area contributed by atoms with Crippen LogP contribution in [0.3, 0.4) is 0 Å². The van der Waals surface area contributed by atoms with Crippen molar-refractivity contribution >= 4 is 25.3 Å². The average Bonchev–Trinajstić information content (AvgIpc) is 2.52. The lowest BCUT2D eigenvalue weighted by Crippen LogP contribution is -2.51. The van der Waals surface area contributed by atoms with E-state index >= 15 is 0 Å². The maximum Gasteiger partial charge on any atom is 0.233 e. The van der Waals surface area contributed by atoms with E-state index in [0.717, 1.165) is 0 Å². The SMILES string of the molecule is [B]C(=O)C(C)(C)CC(C)(C)N1C(=O)CC(CC)C1=O. The topological polar surface area (TPSA) is 54.5 Å². The molecule has 1 saturated heterocycles. The number of amides is 2. The zero-order valence-electron chi connectivity index (χ0n) is 12.4. The highest BCUT2D eigenvalue weighted by molar-refractivity contribution is 6.58. The van der Waals surface area contributed by atoms with Crippen LogP contribution in [-0.4, -0.2) is 35.8 Å². The van der Waals surface area contributed by atoms with Gasteiger partial charge in [0.15, 0.2) is 7.85 Å². The summed E-state index contributed by atoms with van der Waals surface area (Å²) in [4.78, 5) is 37.0. The van der Waals surface area contributed by atoms with Gasteiger partial charge in [0.2, 0.25) is 11.8 Å². The van der Waals surface area contributed by atoms with Crippen LogP contribution < -0.4 is 0 Å². The van der Waals surface area contributed by atoms with Gasteiger partial charge in [0.05, 0.1) is 5.68 Å². The number of carbonyl (C=O) groups excluding carboxylic acids is 3. The maximum absolute atomic E-state index is 12.2. The molecule has 0 saturated carbocycles. The molecule has 2 radical (unpaired) electrons. The molecule has 1 rings (SSSR count). The van der Waals surface area contributed by atoms with Crippen LogP contribution >= 0.6 is 0 Å². The lowest BCUT2D eigenvalue weighted by molar-refractivity contribution is -0.147. The first-order valence-corrected chi connectivity index (χ1v) is 6.69. The second-order valence-corrected chi connectivity index (χ2v) is 6.61. The summed E-state index contributed by atoms with van der Waals surface area (Å²) in [5.41, 5.74) is -1.88. The summed E-state index contributed by atoms with van der Waals surface area (Å²) >= 11 is 0. The van der Waals surface area contributed by atoms with Crippen molar-refractivity contribution in [1.82, 2.24) is 4.90 Å². The number of imide groups is 1. The summed E-state index contributed by atoms with van der Waals surface area (Å²) < 4.78 is 0. The van der Waals surface area contributed by atoms with Gasteiger partial charge in [0, 0.05) is 23.3 Å². The summed E-state index contributed by atoms with van der Waals surface area (Å²) in [6, 6.07) is 0. The predicted octanol–water partition coefficient (Wildman–Crippen LogP) is 1.66. The summed E-state index contributed by atoms with van der Waals surface area (Å²) in [5.74, 6) is -0.497. The molecule has 5 heteroatoms. The Morgan fingerprint density at radius 3 is 2.21 bits per heavy atom. The zero-order valence-corrected chi connectivity index (χ0v) is 12.4. The molecule has 0 spiro atoms. The highest BCUT2D eigenvalue weighted by Crippen LogP contribution is 2.36. The van der Waals surface area contributed by atoms with E-state index < -0.39 is 16.6 Å². The molecule has 0 bridgehead atoms. The molecule has 104 valence electrons. The van der Waals surface area contributed by atoms with E-state index in [2.05, 4.69) is 0 Å². The van der Waals surface area contributed by atoms with Gasteiger partial charge in [-0.15, -0.1) is 0 Å². The zero-order chi connectivity index (χ0) is 15.0. The summed E-state index contributed by atoms with van der Waals surface area (Å²) in [5, 5.41) is 0. The van der Waals surface area contributed by atoms with Crippen molar-refractivity contribution in [1.29, 1.82) is 0 Å². The van der Waals surface area contributed by atoms with Crippen molar-refractivity contribution < 1.29 is 14.4 Å². The highest BCUT2D eigenvalue weighted by atomic mass is 16.2. The third-order valence-corrected chi connectivity index (χ3v) is 3.88. The molecule has 0 aliphatic carbocycles. The third-order valence-electron chi connectivity index (χ3n) is 3.88. The van der Waals surface area contributed by atoms with Gasteiger partial charge in [-0.25, -0.2) is 0 Å². The van der Waals surface area contributed by atoms with Crippen molar-refractivity contribution in [3.05, 3.63) is 0 Å². The van der Waals surface area contributed by atoms with Crippen LogP contribution in [-0.2, 0) is 14.4 Å².